The molecule has 0 fully saturated rings. The topological polar surface area (TPSA) is 32.3 Å². The Hall–Kier alpha value is 0.1000. The van der Waals surface area contributed by atoms with Gasteiger partial charge in [0.05, 0.1) is 5.60 Å². The molecule has 1 atom stereocenters. The van der Waals surface area contributed by atoms with Crippen LogP contribution in [-0.2, 0) is 6.54 Å². The quantitative estimate of drug-likeness (QED) is 0.803. The summed E-state index contributed by atoms with van der Waals surface area (Å²) in [4.78, 5) is 0. The molecule has 0 aromatic heterocycles. The lowest BCUT2D eigenvalue weighted by Gasteiger charge is -2.23. The second-order valence-electron chi connectivity index (χ2n) is 4.60. The molecule has 0 saturated carbocycles. The lowest BCUT2D eigenvalue weighted by molar-refractivity contribution is 0.0498. The summed E-state index contributed by atoms with van der Waals surface area (Å²) in [6.07, 6.45) is 1.82. The van der Waals surface area contributed by atoms with E-state index in [0.29, 0.717) is 6.54 Å². The van der Waals surface area contributed by atoms with Gasteiger partial charge in [-0.1, -0.05) is 19.4 Å². The molecule has 1 rings (SSSR count). The van der Waals surface area contributed by atoms with Crippen molar-refractivity contribution in [3.05, 3.63) is 32.7 Å². The highest BCUT2D eigenvalue weighted by atomic mass is 79.9. The van der Waals surface area contributed by atoms with E-state index in [2.05, 4.69) is 56.2 Å². The zero-order chi connectivity index (χ0) is 12.9. The third-order valence-corrected chi connectivity index (χ3v) is 4.49. The first-order chi connectivity index (χ1) is 7.94. The van der Waals surface area contributed by atoms with Crippen molar-refractivity contribution in [3.8, 4) is 0 Å². The van der Waals surface area contributed by atoms with Crippen LogP contribution in [0.25, 0.3) is 0 Å². The first-order valence-corrected chi connectivity index (χ1v) is 7.40. The molecule has 96 valence electrons. The number of halogens is 2. The lowest BCUT2D eigenvalue weighted by atomic mass is 10.0. The van der Waals surface area contributed by atoms with Crippen LogP contribution in [-0.4, -0.2) is 17.3 Å². The fourth-order valence-corrected chi connectivity index (χ4v) is 2.43. The zero-order valence-corrected chi connectivity index (χ0v) is 13.4. The Bertz CT molecular complexity index is 366. The van der Waals surface area contributed by atoms with E-state index >= 15 is 0 Å². The van der Waals surface area contributed by atoms with Gasteiger partial charge >= 0.3 is 0 Å². The summed E-state index contributed by atoms with van der Waals surface area (Å²) in [5.74, 6) is 0. The van der Waals surface area contributed by atoms with E-state index in [4.69, 9.17) is 0 Å². The fraction of sp³-hybridized carbons (Fsp3) is 0.538. The van der Waals surface area contributed by atoms with E-state index in [9.17, 15) is 5.11 Å². The molecule has 2 nitrogen and oxygen atoms in total. The van der Waals surface area contributed by atoms with Gasteiger partial charge in [0.1, 0.15) is 0 Å². The van der Waals surface area contributed by atoms with Crippen LogP contribution in [0.2, 0.25) is 0 Å². The number of hydrogen-bond acceptors (Lipinski definition) is 2. The highest BCUT2D eigenvalue weighted by molar-refractivity contribution is 9.13. The predicted molar refractivity (Wildman–Crippen MR) is 79.1 cm³/mol. The molecule has 4 heteroatoms. The third-order valence-electron chi connectivity index (χ3n) is 2.61. The lowest BCUT2D eigenvalue weighted by Crippen LogP contribution is -2.37. The molecule has 0 radical (unpaired) electrons. The highest BCUT2D eigenvalue weighted by Crippen LogP contribution is 2.23. The van der Waals surface area contributed by atoms with Gasteiger partial charge in [0, 0.05) is 22.0 Å². The Morgan fingerprint density at radius 1 is 1.29 bits per heavy atom. The largest absolute Gasteiger partial charge is 0.389 e. The monoisotopic (exact) mass is 363 g/mol. The minimum atomic E-state index is -0.610. The normalized spacial score (nSPS) is 14.6. The van der Waals surface area contributed by atoms with Gasteiger partial charge in [0.25, 0.3) is 0 Å². The third kappa shape index (κ3) is 5.51. The van der Waals surface area contributed by atoms with E-state index in [1.54, 1.807) is 0 Å². The maximum absolute atomic E-state index is 10.0. The number of benzene rings is 1. The summed E-state index contributed by atoms with van der Waals surface area (Å²) < 4.78 is 2.11. The number of aliphatic hydroxyl groups is 1. The average molecular weight is 365 g/mol. The Morgan fingerprint density at radius 2 is 2.00 bits per heavy atom. The first kappa shape index (κ1) is 15.2. The van der Waals surface area contributed by atoms with Gasteiger partial charge in [-0.15, -0.1) is 0 Å². The van der Waals surface area contributed by atoms with Crippen molar-refractivity contribution in [1.29, 1.82) is 0 Å². The van der Waals surface area contributed by atoms with Gasteiger partial charge in [-0.3, -0.25) is 0 Å². The molecular formula is C13H19Br2NO. The predicted octanol–water partition coefficient (Wildman–Crippen LogP) is 3.85. The molecule has 1 aromatic carbocycles. The van der Waals surface area contributed by atoms with E-state index in [0.717, 1.165) is 28.3 Å². The van der Waals surface area contributed by atoms with Gasteiger partial charge in [-0.2, -0.15) is 0 Å². The van der Waals surface area contributed by atoms with Crippen LogP contribution in [0.15, 0.2) is 27.1 Å². The summed E-state index contributed by atoms with van der Waals surface area (Å²) in [6, 6.07) is 6.16. The second kappa shape index (κ2) is 6.88. The molecule has 0 bridgehead atoms. The van der Waals surface area contributed by atoms with Crippen molar-refractivity contribution in [3.63, 3.8) is 0 Å². The van der Waals surface area contributed by atoms with E-state index in [1.165, 1.54) is 5.56 Å². The van der Waals surface area contributed by atoms with Gasteiger partial charge in [0.15, 0.2) is 0 Å². The zero-order valence-electron chi connectivity index (χ0n) is 10.3. The van der Waals surface area contributed by atoms with Crippen LogP contribution in [0.1, 0.15) is 32.3 Å². The Balaban J connectivity index is 2.43. The Labute approximate surface area is 120 Å². The highest BCUT2D eigenvalue weighted by Gasteiger charge is 2.17. The molecule has 0 spiro atoms. The van der Waals surface area contributed by atoms with E-state index < -0.39 is 5.60 Å². The summed E-state index contributed by atoms with van der Waals surface area (Å²) in [7, 11) is 0. The smallest absolute Gasteiger partial charge is 0.0743 e. The molecule has 0 aliphatic rings. The Morgan fingerprint density at radius 3 is 2.59 bits per heavy atom. The van der Waals surface area contributed by atoms with Crippen LogP contribution in [0.4, 0.5) is 0 Å². The van der Waals surface area contributed by atoms with Crippen LogP contribution in [0.3, 0.4) is 0 Å². The van der Waals surface area contributed by atoms with Crippen LogP contribution < -0.4 is 5.32 Å². The molecular weight excluding hydrogens is 346 g/mol. The average Bonchev–Trinajstić information content (AvgIpc) is 2.23. The molecule has 0 heterocycles. The van der Waals surface area contributed by atoms with Gasteiger partial charge in [-0.25, -0.2) is 0 Å². The SMILES string of the molecule is CCCC(C)(O)CNCc1ccc(Br)c(Br)c1. The standard InChI is InChI=1S/C13H19Br2NO/c1-3-6-13(2,17)9-16-8-10-4-5-11(14)12(15)7-10/h4-5,7,16-17H,3,6,8-9H2,1-2H3. The van der Waals surface area contributed by atoms with Crippen molar-refractivity contribution in [2.75, 3.05) is 6.54 Å². The number of rotatable bonds is 6. The van der Waals surface area contributed by atoms with Crippen molar-refractivity contribution in [2.45, 2.75) is 38.8 Å². The minimum Gasteiger partial charge on any atom is -0.389 e. The summed E-state index contributed by atoms with van der Waals surface area (Å²) in [5.41, 5.74) is 0.591. The first-order valence-electron chi connectivity index (χ1n) is 5.81. The van der Waals surface area contributed by atoms with Crippen LogP contribution >= 0.6 is 31.9 Å². The molecule has 1 unspecified atom stereocenters. The molecule has 0 aliphatic heterocycles. The van der Waals surface area contributed by atoms with Crippen molar-refractivity contribution < 1.29 is 5.11 Å². The molecule has 0 saturated heterocycles. The number of nitrogens with one attached hydrogen (secondary N) is 1. The number of hydrogen-bond donors (Lipinski definition) is 2. The van der Waals surface area contributed by atoms with Gasteiger partial charge in [-0.05, 0) is 62.9 Å². The summed E-state index contributed by atoms with van der Waals surface area (Å²) in [5, 5.41) is 13.3. The van der Waals surface area contributed by atoms with Gasteiger partial charge in [0.2, 0.25) is 0 Å². The second-order valence-corrected chi connectivity index (χ2v) is 6.31. The molecule has 1 aromatic rings. The minimum absolute atomic E-state index is 0.610. The van der Waals surface area contributed by atoms with E-state index in [-0.39, 0.29) is 0 Å². The van der Waals surface area contributed by atoms with Crippen LogP contribution in [0.5, 0.6) is 0 Å². The van der Waals surface area contributed by atoms with Crippen LogP contribution in [0, 0.1) is 0 Å². The maximum atomic E-state index is 10.0. The molecule has 17 heavy (non-hydrogen) atoms. The van der Waals surface area contributed by atoms with Crippen molar-refractivity contribution in [1.82, 2.24) is 5.32 Å². The fourth-order valence-electron chi connectivity index (χ4n) is 1.75. The van der Waals surface area contributed by atoms with Crippen molar-refractivity contribution >= 4 is 31.9 Å². The summed E-state index contributed by atoms with van der Waals surface area (Å²) in [6.45, 7) is 5.35. The summed E-state index contributed by atoms with van der Waals surface area (Å²) >= 11 is 6.92. The Kier molecular flexibility index (Phi) is 6.13. The van der Waals surface area contributed by atoms with Crippen molar-refractivity contribution in [2.24, 2.45) is 0 Å². The van der Waals surface area contributed by atoms with E-state index in [1.807, 2.05) is 13.0 Å². The molecule has 2 N–H and O–H groups in total. The molecule has 0 amide bonds. The van der Waals surface area contributed by atoms with Gasteiger partial charge < -0.3 is 10.4 Å². The maximum Gasteiger partial charge on any atom is 0.0743 e. The molecule has 0 aliphatic carbocycles.